The number of nitrogens with one attached hydrogen (secondary N) is 1. The fourth-order valence-electron chi connectivity index (χ4n) is 2.33. The SMILES string of the molecule is COC(=O)C1=C(C)NC(C)=CC1c1ccccc1Cl. The van der Waals surface area contributed by atoms with Gasteiger partial charge in [-0.25, -0.2) is 4.79 Å². The number of halogens is 1. The molecule has 0 fully saturated rings. The molecular formula is C15H16ClNO2. The van der Waals surface area contributed by atoms with Gasteiger partial charge in [0.05, 0.1) is 12.7 Å². The molecule has 0 saturated heterocycles. The van der Waals surface area contributed by atoms with E-state index >= 15 is 0 Å². The van der Waals surface area contributed by atoms with Gasteiger partial charge in [-0.3, -0.25) is 0 Å². The van der Waals surface area contributed by atoms with Gasteiger partial charge in [0.1, 0.15) is 0 Å². The molecule has 3 nitrogen and oxygen atoms in total. The van der Waals surface area contributed by atoms with E-state index in [0.29, 0.717) is 10.6 Å². The van der Waals surface area contributed by atoms with Crippen LogP contribution in [0.25, 0.3) is 0 Å². The van der Waals surface area contributed by atoms with Crippen molar-refractivity contribution in [1.82, 2.24) is 5.32 Å². The summed E-state index contributed by atoms with van der Waals surface area (Å²) >= 11 is 6.24. The quantitative estimate of drug-likeness (QED) is 0.842. The minimum Gasteiger partial charge on any atom is -0.466 e. The van der Waals surface area contributed by atoms with Gasteiger partial charge in [0.25, 0.3) is 0 Å². The lowest BCUT2D eigenvalue weighted by Gasteiger charge is -2.25. The van der Waals surface area contributed by atoms with Crippen LogP contribution in [0.15, 0.2) is 47.3 Å². The summed E-state index contributed by atoms with van der Waals surface area (Å²) in [6.07, 6.45) is 1.99. The molecule has 1 unspecified atom stereocenters. The number of ether oxygens (including phenoxy) is 1. The molecule has 0 spiro atoms. The molecule has 1 aliphatic heterocycles. The standard InChI is InChI=1S/C15H16ClNO2/c1-9-8-12(11-6-4-5-7-13(11)16)14(10(2)17-9)15(18)19-3/h4-8,12,17H,1-3H3. The van der Waals surface area contributed by atoms with Gasteiger partial charge in [0.15, 0.2) is 0 Å². The Morgan fingerprint density at radius 3 is 2.63 bits per heavy atom. The van der Waals surface area contributed by atoms with Crippen LogP contribution in [0.5, 0.6) is 0 Å². The Hall–Kier alpha value is -1.74. The molecule has 0 bridgehead atoms. The molecule has 19 heavy (non-hydrogen) atoms. The largest absolute Gasteiger partial charge is 0.466 e. The first-order valence-electron chi connectivity index (χ1n) is 6.03. The highest BCUT2D eigenvalue weighted by Gasteiger charge is 2.28. The van der Waals surface area contributed by atoms with Crippen LogP contribution in [-0.2, 0) is 9.53 Å². The van der Waals surface area contributed by atoms with Crippen molar-refractivity contribution in [3.05, 3.63) is 57.9 Å². The Kier molecular flexibility index (Phi) is 3.96. The van der Waals surface area contributed by atoms with Crippen LogP contribution < -0.4 is 5.32 Å². The van der Waals surface area contributed by atoms with Crippen molar-refractivity contribution in [2.45, 2.75) is 19.8 Å². The van der Waals surface area contributed by atoms with Gasteiger partial charge >= 0.3 is 5.97 Å². The summed E-state index contributed by atoms with van der Waals surface area (Å²) in [6.45, 7) is 3.83. The van der Waals surface area contributed by atoms with E-state index in [0.717, 1.165) is 17.0 Å². The maximum atomic E-state index is 12.0. The van der Waals surface area contributed by atoms with E-state index in [1.807, 2.05) is 44.2 Å². The molecule has 2 rings (SSSR count). The van der Waals surface area contributed by atoms with Crippen LogP contribution in [0.1, 0.15) is 25.3 Å². The Balaban J connectivity index is 2.54. The number of benzene rings is 1. The van der Waals surface area contributed by atoms with Gasteiger partial charge in [-0.2, -0.15) is 0 Å². The molecule has 1 N–H and O–H groups in total. The maximum Gasteiger partial charge on any atom is 0.336 e. The van der Waals surface area contributed by atoms with Crippen molar-refractivity contribution in [1.29, 1.82) is 0 Å². The normalized spacial score (nSPS) is 18.7. The number of allylic oxidation sites excluding steroid dienone is 3. The monoisotopic (exact) mass is 277 g/mol. The molecule has 1 aliphatic rings. The Bertz CT molecular complexity index is 575. The average Bonchev–Trinajstić information content (AvgIpc) is 2.37. The Morgan fingerprint density at radius 1 is 1.32 bits per heavy atom. The lowest BCUT2D eigenvalue weighted by molar-refractivity contribution is -0.136. The molecule has 1 atom stereocenters. The van der Waals surface area contributed by atoms with Crippen LogP contribution >= 0.6 is 11.6 Å². The Morgan fingerprint density at radius 2 is 2.00 bits per heavy atom. The number of rotatable bonds is 2. The molecule has 1 aromatic rings. The zero-order valence-electron chi connectivity index (χ0n) is 11.2. The summed E-state index contributed by atoms with van der Waals surface area (Å²) in [5.74, 6) is -0.513. The predicted octanol–water partition coefficient (Wildman–Crippen LogP) is 3.38. The predicted molar refractivity (Wildman–Crippen MR) is 75.8 cm³/mol. The first kappa shape index (κ1) is 13.7. The summed E-state index contributed by atoms with van der Waals surface area (Å²) in [5.41, 5.74) is 3.30. The third kappa shape index (κ3) is 2.66. The molecule has 4 heteroatoms. The summed E-state index contributed by atoms with van der Waals surface area (Å²) in [5, 5.41) is 3.81. The summed E-state index contributed by atoms with van der Waals surface area (Å²) in [6, 6.07) is 7.54. The van der Waals surface area contributed by atoms with Crippen molar-refractivity contribution >= 4 is 17.6 Å². The van der Waals surface area contributed by atoms with Crippen molar-refractivity contribution < 1.29 is 9.53 Å². The number of methoxy groups -OCH3 is 1. The third-order valence-electron chi connectivity index (χ3n) is 3.16. The lowest BCUT2D eigenvalue weighted by Crippen LogP contribution is -2.25. The van der Waals surface area contributed by atoms with Crippen LogP contribution in [0.2, 0.25) is 5.02 Å². The topological polar surface area (TPSA) is 38.3 Å². The van der Waals surface area contributed by atoms with Gasteiger partial charge in [0.2, 0.25) is 0 Å². The molecule has 0 radical (unpaired) electrons. The second kappa shape index (κ2) is 5.49. The molecule has 1 heterocycles. The molecule has 1 aromatic carbocycles. The van der Waals surface area contributed by atoms with Crippen LogP contribution in [0, 0.1) is 0 Å². The van der Waals surface area contributed by atoms with Crippen molar-refractivity contribution in [3.63, 3.8) is 0 Å². The first-order chi connectivity index (χ1) is 9.04. The maximum absolute atomic E-state index is 12.0. The van der Waals surface area contributed by atoms with Crippen LogP contribution in [0.4, 0.5) is 0 Å². The van der Waals surface area contributed by atoms with Crippen LogP contribution in [0.3, 0.4) is 0 Å². The highest BCUT2D eigenvalue weighted by atomic mass is 35.5. The van der Waals surface area contributed by atoms with E-state index in [1.54, 1.807) is 0 Å². The highest BCUT2D eigenvalue weighted by Crippen LogP contribution is 2.36. The van der Waals surface area contributed by atoms with E-state index < -0.39 is 0 Å². The minimum absolute atomic E-state index is 0.178. The van der Waals surface area contributed by atoms with Gasteiger partial charge in [-0.05, 0) is 25.5 Å². The number of carbonyl (C=O) groups is 1. The van der Waals surface area contributed by atoms with E-state index in [9.17, 15) is 4.79 Å². The molecule has 0 aromatic heterocycles. The van der Waals surface area contributed by atoms with Crippen LogP contribution in [-0.4, -0.2) is 13.1 Å². The smallest absolute Gasteiger partial charge is 0.336 e. The minimum atomic E-state index is -0.335. The summed E-state index contributed by atoms with van der Waals surface area (Å²) < 4.78 is 4.88. The summed E-state index contributed by atoms with van der Waals surface area (Å²) in [4.78, 5) is 12.0. The fraction of sp³-hybridized carbons (Fsp3) is 0.267. The Labute approximate surface area is 117 Å². The molecule has 0 saturated carbocycles. The zero-order chi connectivity index (χ0) is 14.0. The zero-order valence-corrected chi connectivity index (χ0v) is 11.9. The lowest BCUT2D eigenvalue weighted by atomic mass is 9.87. The fourth-order valence-corrected chi connectivity index (χ4v) is 2.59. The van der Waals surface area contributed by atoms with Gasteiger partial charge < -0.3 is 10.1 Å². The highest BCUT2D eigenvalue weighted by molar-refractivity contribution is 6.31. The summed E-state index contributed by atoms with van der Waals surface area (Å²) in [7, 11) is 1.39. The van der Waals surface area contributed by atoms with E-state index in [1.165, 1.54) is 7.11 Å². The third-order valence-corrected chi connectivity index (χ3v) is 3.51. The van der Waals surface area contributed by atoms with Gasteiger partial charge in [-0.15, -0.1) is 0 Å². The number of hydrogen-bond acceptors (Lipinski definition) is 3. The number of carbonyl (C=O) groups excluding carboxylic acids is 1. The average molecular weight is 278 g/mol. The molecular weight excluding hydrogens is 262 g/mol. The van der Waals surface area contributed by atoms with E-state index in [4.69, 9.17) is 16.3 Å². The van der Waals surface area contributed by atoms with E-state index in [-0.39, 0.29) is 11.9 Å². The van der Waals surface area contributed by atoms with Crippen molar-refractivity contribution in [2.75, 3.05) is 7.11 Å². The molecule has 0 amide bonds. The molecule has 0 aliphatic carbocycles. The van der Waals surface area contributed by atoms with E-state index in [2.05, 4.69) is 5.32 Å². The van der Waals surface area contributed by atoms with Crippen molar-refractivity contribution in [3.8, 4) is 0 Å². The number of esters is 1. The number of hydrogen-bond donors (Lipinski definition) is 1. The van der Waals surface area contributed by atoms with Gasteiger partial charge in [0, 0.05) is 22.3 Å². The second-order valence-electron chi connectivity index (χ2n) is 4.50. The molecule has 100 valence electrons. The second-order valence-corrected chi connectivity index (χ2v) is 4.91. The number of dihydropyridines is 1. The first-order valence-corrected chi connectivity index (χ1v) is 6.41. The van der Waals surface area contributed by atoms with Crippen molar-refractivity contribution in [2.24, 2.45) is 0 Å². The van der Waals surface area contributed by atoms with Gasteiger partial charge in [-0.1, -0.05) is 35.9 Å².